The fourth-order valence-electron chi connectivity index (χ4n) is 3.04. The topological polar surface area (TPSA) is 46.3 Å². The molecule has 4 heteroatoms. The number of benzene rings is 1. The van der Waals surface area contributed by atoms with Crippen molar-refractivity contribution in [2.45, 2.75) is 24.9 Å². The van der Waals surface area contributed by atoms with Crippen LogP contribution in [0.25, 0.3) is 0 Å². The average molecular weight is 286 g/mol. The van der Waals surface area contributed by atoms with Gasteiger partial charge in [-0.05, 0) is 36.4 Å². The second-order valence-electron chi connectivity index (χ2n) is 5.13. The predicted octanol–water partition coefficient (Wildman–Crippen LogP) is 3.11. The molecule has 1 aliphatic rings. The summed E-state index contributed by atoms with van der Waals surface area (Å²) in [7, 11) is 0. The van der Waals surface area contributed by atoms with Gasteiger partial charge in [-0.25, -0.2) is 0 Å². The molecule has 2 atom stereocenters. The van der Waals surface area contributed by atoms with Crippen molar-refractivity contribution in [1.29, 1.82) is 0 Å². The molecule has 1 aromatic carbocycles. The molecule has 1 fully saturated rings. The first-order chi connectivity index (χ1) is 9.77. The number of rotatable bonds is 4. The molecule has 1 aliphatic heterocycles. The van der Waals surface area contributed by atoms with Gasteiger partial charge in [0.1, 0.15) is 6.04 Å². The van der Waals surface area contributed by atoms with Crippen LogP contribution < -0.4 is 5.73 Å². The maximum atomic E-state index is 12.0. The Hall–Kier alpha value is -1.65. The Morgan fingerprint density at radius 3 is 2.70 bits per heavy atom. The monoisotopic (exact) mass is 286 g/mol. The van der Waals surface area contributed by atoms with E-state index in [-0.39, 0.29) is 11.9 Å². The van der Waals surface area contributed by atoms with E-state index in [4.69, 9.17) is 5.73 Å². The highest BCUT2D eigenvalue weighted by atomic mass is 32.1. The molecule has 2 aromatic rings. The van der Waals surface area contributed by atoms with Gasteiger partial charge in [0, 0.05) is 10.9 Å². The molecule has 0 unspecified atom stereocenters. The molecule has 0 spiro atoms. The van der Waals surface area contributed by atoms with Crippen molar-refractivity contribution < 1.29 is 4.79 Å². The SMILES string of the molecule is NC(=O)[C@@H](c1ccccc1)N1CCC[C@H]1c1cccs1. The molecule has 2 N–H and O–H groups in total. The Morgan fingerprint density at radius 1 is 1.25 bits per heavy atom. The smallest absolute Gasteiger partial charge is 0.239 e. The molecule has 0 radical (unpaired) electrons. The van der Waals surface area contributed by atoms with Gasteiger partial charge in [-0.1, -0.05) is 36.4 Å². The standard InChI is InChI=1S/C16H18N2OS/c17-16(19)15(12-6-2-1-3-7-12)18-10-4-8-13(18)14-9-5-11-20-14/h1-3,5-7,9,11,13,15H,4,8,10H2,(H2,17,19)/t13-,15+/m0/s1. The zero-order valence-corrected chi connectivity index (χ0v) is 12.1. The number of hydrogen-bond acceptors (Lipinski definition) is 3. The lowest BCUT2D eigenvalue weighted by Gasteiger charge is -2.30. The minimum atomic E-state index is -0.328. The van der Waals surface area contributed by atoms with E-state index in [1.807, 2.05) is 30.3 Å². The maximum Gasteiger partial charge on any atom is 0.239 e. The minimum Gasteiger partial charge on any atom is -0.368 e. The molecule has 1 amide bonds. The van der Waals surface area contributed by atoms with Crippen molar-refractivity contribution in [3.63, 3.8) is 0 Å². The van der Waals surface area contributed by atoms with Crippen LogP contribution in [0.15, 0.2) is 47.8 Å². The van der Waals surface area contributed by atoms with Crippen LogP contribution in [0.3, 0.4) is 0 Å². The average Bonchev–Trinajstić information content (AvgIpc) is 3.09. The summed E-state index contributed by atoms with van der Waals surface area (Å²) in [5.41, 5.74) is 6.68. The van der Waals surface area contributed by atoms with Crippen molar-refractivity contribution in [3.05, 3.63) is 58.3 Å². The summed E-state index contributed by atoms with van der Waals surface area (Å²) < 4.78 is 0. The van der Waals surface area contributed by atoms with Crippen LogP contribution in [0.1, 0.15) is 35.4 Å². The van der Waals surface area contributed by atoms with E-state index in [0.717, 1.165) is 24.9 Å². The highest BCUT2D eigenvalue weighted by Crippen LogP contribution is 2.40. The van der Waals surface area contributed by atoms with Crippen molar-refractivity contribution >= 4 is 17.2 Å². The Balaban J connectivity index is 1.93. The third-order valence-electron chi connectivity index (χ3n) is 3.88. The summed E-state index contributed by atoms with van der Waals surface area (Å²) in [6.45, 7) is 0.922. The van der Waals surface area contributed by atoms with E-state index in [9.17, 15) is 4.79 Å². The number of nitrogens with two attached hydrogens (primary N) is 1. The van der Waals surface area contributed by atoms with E-state index in [1.54, 1.807) is 11.3 Å². The van der Waals surface area contributed by atoms with Crippen LogP contribution in [0, 0.1) is 0 Å². The molecule has 20 heavy (non-hydrogen) atoms. The lowest BCUT2D eigenvalue weighted by Crippen LogP contribution is -2.37. The van der Waals surface area contributed by atoms with Crippen molar-refractivity contribution in [2.75, 3.05) is 6.54 Å². The van der Waals surface area contributed by atoms with Gasteiger partial charge in [0.15, 0.2) is 0 Å². The van der Waals surface area contributed by atoms with Crippen LogP contribution in [0.5, 0.6) is 0 Å². The molecule has 3 rings (SSSR count). The summed E-state index contributed by atoms with van der Waals surface area (Å²) >= 11 is 1.75. The zero-order valence-electron chi connectivity index (χ0n) is 11.2. The van der Waals surface area contributed by atoms with E-state index >= 15 is 0 Å². The van der Waals surface area contributed by atoms with Gasteiger partial charge in [0.2, 0.25) is 5.91 Å². The quantitative estimate of drug-likeness (QED) is 0.938. The van der Waals surface area contributed by atoms with E-state index in [1.165, 1.54) is 4.88 Å². The Morgan fingerprint density at radius 2 is 2.05 bits per heavy atom. The lowest BCUT2D eigenvalue weighted by molar-refractivity contribution is -0.123. The number of thiophene rings is 1. The van der Waals surface area contributed by atoms with Gasteiger partial charge in [0.05, 0.1) is 0 Å². The fraction of sp³-hybridized carbons (Fsp3) is 0.312. The van der Waals surface area contributed by atoms with Crippen LogP contribution in [-0.2, 0) is 4.79 Å². The van der Waals surface area contributed by atoms with Gasteiger partial charge in [-0.2, -0.15) is 0 Å². The van der Waals surface area contributed by atoms with Crippen LogP contribution >= 0.6 is 11.3 Å². The number of likely N-dealkylation sites (tertiary alicyclic amines) is 1. The Bertz CT molecular complexity index is 567. The highest BCUT2D eigenvalue weighted by Gasteiger charge is 2.35. The largest absolute Gasteiger partial charge is 0.368 e. The molecule has 3 nitrogen and oxygen atoms in total. The first kappa shape index (κ1) is 13.3. The lowest BCUT2D eigenvalue weighted by atomic mass is 10.0. The number of nitrogens with zero attached hydrogens (tertiary/aromatic N) is 1. The summed E-state index contributed by atoms with van der Waals surface area (Å²) in [6, 6.07) is 14.1. The molecular formula is C16H18N2OS. The minimum absolute atomic E-state index is 0.264. The Kier molecular flexibility index (Phi) is 3.85. The van der Waals surface area contributed by atoms with Gasteiger partial charge in [-0.3, -0.25) is 9.69 Å². The highest BCUT2D eigenvalue weighted by molar-refractivity contribution is 7.10. The molecule has 0 bridgehead atoms. The molecule has 2 heterocycles. The third-order valence-corrected chi connectivity index (χ3v) is 4.86. The summed E-state index contributed by atoms with van der Waals surface area (Å²) in [6.07, 6.45) is 2.20. The number of carbonyl (C=O) groups is 1. The van der Waals surface area contributed by atoms with Gasteiger partial charge in [-0.15, -0.1) is 11.3 Å². The normalized spacial score (nSPS) is 20.9. The van der Waals surface area contributed by atoms with Gasteiger partial charge < -0.3 is 5.73 Å². The second-order valence-corrected chi connectivity index (χ2v) is 6.11. The van der Waals surface area contributed by atoms with Crippen molar-refractivity contribution in [2.24, 2.45) is 5.73 Å². The first-order valence-electron chi connectivity index (χ1n) is 6.91. The van der Waals surface area contributed by atoms with E-state index < -0.39 is 0 Å². The summed E-state index contributed by atoms with van der Waals surface area (Å²) in [5, 5.41) is 2.09. The van der Waals surface area contributed by atoms with Gasteiger partial charge >= 0.3 is 0 Å². The number of primary amides is 1. The Labute approximate surface area is 123 Å². The van der Waals surface area contributed by atoms with Crippen LogP contribution in [0.4, 0.5) is 0 Å². The van der Waals surface area contributed by atoms with Crippen LogP contribution in [-0.4, -0.2) is 17.4 Å². The third kappa shape index (κ3) is 2.49. The summed E-state index contributed by atoms with van der Waals surface area (Å²) in [4.78, 5) is 15.6. The number of carbonyl (C=O) groups excluding carboxylic acids is 1. The molecule has 0 aliphatic carbocycles. The molecule has 0 saturated carbocycles. The first-order valence-corrected chi connectivity index (χ1v) is 7.79. The van der Waals surface area contributed by atoms with Crippen LogP contribution in [0.2, 0.25) is 0 Å². The van der Waals surface area contributed by atoms with Crippen molar-refractivity contribution in [1.82, 2.24) is 4.90 Å². The number of amides is 1. The second kappa shape index (κ2) is 5.77. The van der Waals surface area contributed by atoms with Gasteiger partial charge in [0.25, 0.3) is 0 Å². The summed E-state index contributed by atoms with van der Waals surface area (Å²) in [5.74, 6) is -0.264. The molecule has 1 aromatic heterocycles. The van der Waals surface area contributed by atoms with E-state index in [0.29, 0.717) is 6.04 Å². The molecule has 104 valence electrons. The van der Waals surface area contributed by atoms with Crippen molar-refractivity contribution in [3.8, 4) is 0 Å². The number of hydrogen-bond donors (Lipinski definition) is 1. The zero-order chi connectivity index (χ0) is 13.9. The predicted molar refractivity (Wildman–Crippen MR) is 81.4 cm³/mol. The molecular weight excluding hydrogens is 268 g/mol. The van der Waals surface area contributed by atoms with E-state index in [2.05, 4.69) is 22.4 Å². The molecule has 1 saturated heterocycles. The fourth-order valence-corrected chi connectivity index (χ4v) is 3.92. The maximum absolute atomic E-state index is 12.0.